The third-order valence-electron chi connectivity index (χ3n) is 3.45. The van der Waals surface area contributed by atoms with Crippen molar-refractivity contribution in [1.29, 1.82) is 0 Å². The molecule has 110 valence electrons. The molecule has 0 bridgehead atoms. The molecule has 0 saturated heterocycles. The van der Waals surface area contributed by atoms with Crippen molar-refractivity contribution in [1.82, 2.24) is 4.72 Å². The molecule has 0 heterocycles. The van der Waals surface area contributed by atoms with E-state index in [0.29, 0.717) is 0 Å². The Kier molecular flexibility index (Phi) is 3.47. The molecule has 8 heteroatoms. The number of phenols is 1. The second-order valence-electron chi connectivity index (χ2n) is 5.51. The van der Waals surface area contributed by atoms with Gasteiger partial charge in [-0.1, -0.05) is 0 Å². The Labute approximate surface area is 116 Å². The minimum absolute atomic E-state index is 0.226. The van der Waals surface area contributed by atoms with E-state index < -0.39 is 31.9 Å². The van der Waals surface area contributed by atoms with E-state index in [1.807, 2.05) is 0 Å². The summed E-state index contributed by atoms with van der Waals surface area (Å²) in [6, 6.07) is 3.02. The Balaban J connectivity index is 2.34. The largest absolute Gasteiger partial charge is 0.502 e. The first-order valence-electron chi connectivity index (χ1n) is 6.15. The third kappa shape index (κ3) is 2.91. The number of hydrogen-bond donors (Lipinski definition) is 2. The Morgan fingerprint density at radius 2 is 2.00 bits per heavy atom. The van der Waals surface area contributed by atoms with Gasteiger partial charge in [0.2, 0.25) is 10.0 Å². The van der Waals surface area contributed by atoms with Crippen LogP contribution in [0.25, 0.3) is 0 Å². The average Bonchev–Trinajstić information content (AvgIpc) is 3.11. The minimum atomic E-state index is -3.86. The third-order valence-corrected chi connectivity index (χ3v) is 5.12. The molecule has 2 N–H and O–H groups in total. The lowest BCUT2D eigenvalue weighted by molar-refractivity contribution is -0.386. The smallest absolute Gasteiger partial charge is 0.312 e. The molecule has 2 rings (SSSR count). The number of nitrogens with one attached hydrogen (secondary N) is 1. The van der Waals surface area contributed by atoms with Gasteiger partial charge in [0.05, 0.1) is 9.82 Å². The van der Waals surface area contributed by atoms with Gasteiger partial charge in [-0.05, 0) is 44.7 Å². The maximum absolute atomic E-state index is 12.3. The number of nitro benzene ring substituents is 1. The van der Waals surface area contributed by atoms with Gasteiger partial charge in [-0.2, -0.15) is 0 Å². The van der Waals surface area contributed by atoms with E-state index in [4.69, 9.17) is 0 Å². The predicted molar refractivity (Wildman–Crippen MR) is 71.9 cm³/mol. The van der Waals surface area contributed by atoms with Crippen molar-refractivity contribution in [3.63, 3.8) is 0 Å². The second-order valence-corrected chi connectivity index (χ2v) is 7.19. The van der Waals surface area contributed by atoms with Crippen LogP contribution in [-0.4, -0.2) is 24.0 Å². The van der Waals surface area contributed by atoms with E-state index >= 15 is 0 Å². The molecule has 1 aromatic carbocycles. The first kappa shape index (κ1) is 14.7. The summed E-state index contributed by atoms with van der Waals surface area (Å²) in [7, 11) is -3.86. The fourth-order valence-corrected chi connectivity index (χ4v) is 3.60. The number of hydrogen-bond acceptors (Lipinski definition) is 5. The molecule has 0 atom stereocenters. The summed E-state index contributed by atoms with van der Waals surface area (Å²) in [5, 5.41) is 20.1. The van der Waals surface area contributed by atoms with Crippen molar-refractivity contribution in [2.75, 3.05) is 0 Å². The fraction of sp³-hybridized carbons (Fsp3) is 0.500. The maximum atomic E-state index is 12.3. The van der Waals surface area contributed by atoms with Gasteiger partial charge in [-0.3, -0.25) is 10.1 Å². The van der Waals surface area contributed by atoms with Gasteiger partial charge in [-0.25, -0.2) is 13.1 Å². The van der Waals surface area contributed by atoms with Crippen molar-refractivity contribution in [2.24, 2.45) is 5.92 Å². The number of nitro groups is 1. The molecule has 0 spiro atoms. The van der Waals surface area contributed by atoms with E-state index in [1.165, 1.54) is 0 Å². The van der Waals surface area contributed by atoms with Gasteiger partial charge in [-0.15, -0.1) is 0 Å². The lowest BCUT2D eigenvalue weighted by atomic mass is 10.0. The normalized spacial score (nSPS) is 16.1. The molecule has 1 aromatic rings. The van der Waals surface area contributed by atoms with Gasteiger partial charge < -0.3 is 5.11 Å². The predicted octanol–water partition coefficient (Wildman–Crippen LogP) is 1.77. The van der Waals surface area contributed by atoms with Crippen LogP contribution in [-0.2, 0) is 10.0 Å². The highest BCUT2D eigenvalue weighted by Gasteiger charge is 2.40. The molecule has 0 radical (unpaired) electrons. The summed E-state index contributed by atoms with van der Waals surface area (Å²) in [5.41, 5.74) is -1.22. The number of aromatic hydroxyl groups is 1. The number of benzene rings is 1. The van der Waals surface area contributed by atoms with Crippen molar-refractivity contribution >= 4 is 15.7 Å². The molecule has 0 amide bonds. The van der Waals surface area contributed by atoms with Gasteiger partial charge in [0.15, 0.2) is 5.75 Å². The standard InChI is InChI=1S/C12H16N2O5S/c1-12(2,8-3-4-8)13-20(18,19)9-5-6-11(15)10(7-9)14(16)17/h5-8,13,15H,3-4H2,1-2H3. The minimum Gasteiger partial charge on any atom is -0.502 e. The van der Waals surface area contributed by atoms with Crippen LogP contribution >= 0.6 is 0 Å². The zero-order valence-corrected chi connectivity index (χ0v) is 12.0. The second kappa shape index (κ2) is 4.71. The van der Waals surface area contributed by atoms with Crippen molar-refractivity contribution in [2.45, 2.75) is 37.1 Å². The zero-order valence-electron chi connectivity index (χ0n) is 11.2. The first-order chi connectivity index (χ1) is 9.13. The number of nitrogens with zero attached hydrogens (tertiary/aromatic N) is 1. The van der Waals surface area contributed by atoms with E-state index in [9.17, 15) is 23.6 Å². The average molecular weight is 300 g/mol. The molecular formula is C12H16N2O5S. The van der Waals surface area contributed by atoms with Crippen LogP contribution in [0.1, 0.15) is 26.7 Å². The molecule has 20 heavy (non-hydrogen) atoms. The Hall–Kier alpha value is -1.67. The first-order valence-corrected chi connectivity index (χ1v) is 7.63. The van der Waals surface area contributed by atoms with E-state index in [2.05, 4.69) is 4.72 Å². The summed E-state index contributed by atoms with van der Waals surface area (Å²) in [4.78, 5) is 9.69. The van der Waals surface area contributed by atoms with Crippen LogP contribution in [0.2, 0.25) is 0 Å². The summed E-state index contributed by atoms with van der Waals surface area (Å²) in [6.07, 6.45) is 1.93. The molecule has 1 fully saturated rings. The van der Waals surface area contributed by atoms with Crippen molar-refractivity contribution < 1.29 is 18.4 Å². The van der Waals surface area contributed by atoms with Crippen LogP contribution in [0.3, 0.4) is 0 Å². The summed E-state index contributed by atoms with van der Waals surface area (Å²) in [5.74, 6) is -0.278. The van der Waals surface area contributed by atoms with Gasteiger partial charge in [0, 0.05) is 11.6 Å². The molecule has 0 unspecified atom stereocenters. The Morgan fingerprint density at radius 1 is 1.40 bits per heavy atom. The number of phenolic OH excluding ortho intramolecular Hbond substituents is 1. The monoisotopic (exact) mass is 300 g/mol. The molecule has 1 aliphatic rings. The quantitative estimate of drug-likeness (QED) is 0.636. The zero-order chi connectivity index (χ0) is 15.1. The van der Waals surface area contributed by atoms with E-state index in [1.54, 1.807) is 13.8 Å². The fourth-order valence-electron chi connectivity index (χ4n) is 2.11. The molecule has 0 aliphatic heterocycles. The summed E-state index contributed by atoms with van der Waals surface area (Å²) in [6.45, 7) is 3.58. The molecule has 1 aliphatic carbocycles. The van der Waals surface area contributed by atoms with Crippen LogP contribution < -0.4 is 4.72 Å². The van der Waals surface area contributed by atoms with Crippen LogP contribution in [0, 0.1) is 16.0 Å². The van der Waals surface area contributed by atoms with Gasteiger partial charge in [0.1, 0.15) is 0 Å². The van der Waals surface area contributed by atoms with E-state index in [0.717, 1.165) is 31.0 Å². The van der Waals surface area contributed by atoms with Gasteiger partial charge in [0.25, 0.3) is 0 Å². The van der Waals surface area contributed by atoms with Gasteiger partial charge >= 0.3 is 5.69 Å². The SMILES string of the molecule is CC(C)(NS(=O)(=O)c1ccc(O)c([N+](=O)[O-])c1)C1CC1. The molecular weight excluding hydrogens is 284 g/mol. The summed E-state index contributed by atoms with van der Waals surface area (Å²) >= 11 is 0. The van der Waals surface area contributed by atoms with Crippen LogP contribution in [0.4, 0.5) is 5.69 Å². The highest BCUT2D eigenvalue weighted by atomic mass is 32.2. The summed E-state index contributed by atoms with van der Waals surface area (Å²) < 4.78 is 27.1. The van der Waals surface area contributed by atoms with Crippen molar-refractivity contribution in [3.8, 4) is 5.75 Å². The van der Waals surface area contributed by atoms with E-state index in [-0.39, 0.29) is 10.8 Å². The van der Waals surface area contributed by atoms with Crippen LogP contribution in [0.15, 0.2) is 23.1 Å². The molecule has 0 aromatic heterocycles. The number of rotatable bonds is 5. The highest BCUT2D eigenvalue weighted by molar-refractivity contribution is 7.89. The van der Waals surface area contributed by atoms with Crippen molar-refractivity contribution in [3.05, 3.63) is 28.3 Å². The Bertz CT molecular complexity index is 650. The molecule has 1 saturated carbocycles. The lowest BCUT2D eigenvalue weighted by Gasteiger charge is -2.25. The lowest BCUT2D eigenvalue weighted by Crippen LogP contribution is -2.45. The molecule has 7 nitrogen and oxygen atoms in total. The topological polar surface area (TPSA) is 110 Å². The van der Waals surface area contributed by atoms with Crippen LogP contribution in [0.5, 0.6) is 5.75 Å². The Morgan fingerprint density at radius 3 is 2.50 bits per heavy atom. The number of sulfonamides is 1. The highest BCUT2D eigenvalue weighted by Crippen LogP contribution is 2.40. The maximum Gasteiger partial charge on any atom is 0.312 e.